The van der Waals surface area contributed by atoms with Crippen molar-refractivity contribution in [3.05, 3.63) is 53.4 Å². The van der Waals surface area contributed by atoms with Gasteiger partial charge in [0.1, 0.15) is 11.3 Å². The molecule has 1 heterocycles. The summed E-state index contributed by atoms with van der Waals surface area (Å²) >= 11 is 1.41. The minimum Gasteiger partial charge on any atom is -0.506 e. The number of aromatic hydroxyl groups is 1. The van der Waals surface area contributed by atoms with E-state index in [1.807, 2.05) is 41.8 Å². The molecular weight excluding hydrogens is 284 g/mol. The van der Waals surface area contributed by atoms with Crippen molar-refractivity contribution in [2.24, 2.45) is 0 Å². The molecule has 1 N–H and O–H groups in total. The lowest BCUT2D eigenvalue weighted by Crippen LogP contribution is -2.05. The van der Waals surface area contributed by atoms with Crippen molar-refractivity contribution in [2.75, 3.05) is 6.61 Å². The molecular formula is C17H14O3S. The fraction of sp³-hybridized carbons (Fsp3) is 0.118. The summed E-state index contributed by atoms with van der Waals surface area (Å²) in [6, 6.07) is 13.5. The van der Waals surface area contributed by atoms with Crippen LogP contribution in [0.5, 0.6) is 5.75 Å². The number of hydrogen-bond acceptors (Lipinski definition) is 4. The standard InChI is InChI=1S/C17H14O3S/c1-2-20-17(19)14-10-13(11-6-4-3-5-7-11)12-8-9-21-16(12)15(14)18/h3-10,18H,2H2,1H3. The molecule has 0 atom stereocenters. The van der Waals surface area contributed by atoms with Gasteiger partial charge in [-0.05, 0) is 35.6 Å². The van der Waals surface area contributed by atoms with Gasteiger partial charge in [-0.25, -0.2) is 4.79 Å². The third-order valence-electron chi connectivity index (χ3n) is 3.29. The highest BCUT2D eigenvalue weighted by Gasteiger charge is 2.19. The largest absolute Gasteiger partial charge is 0.506 e. The van der Waals surface area contributed by atoms with Crippen molar-refractivity contribution in [1.82, 2.24) is 0 Å². The van der Waals surface area contributed by atoms with Crippen molar-refractivity contribution in [3.8, 4) is 16.9 Å². The smallest absolute Gasteiger partial charge is 0.341 e. The molecule has 2 aromatic carbocycles. The first-order valence-corrected chi connectivity index (χ1v) is 7.56. The van der Waals surface area contributed by atoms with Crippen LogP contribution in [0.4, 0.5) is 0 Å². The van der Waals surface area contributed by atoms with Gasteiger partial charge in [0.15, 0.2) is 0 Å². The Kier molecular flexibility index (Phi) is 3.62. The topological polar surface area (TPSA) is 46.5 Å². The number of carbonyl (C=O) groups is 1. The SMILES string of the molecule is CCOC(=O)c1cc(-c2ccccc2)c2ccsc2c1O. The Hall–Kier alpha value is -2.33. The average molecular weight is 298 g/mol. The van der Waals surface area contributed by atoms with Crippen LogP contribution in [0.15, 0.2) is 47.8 Å². The number of ether oxygens (including phenoxy) is 1. The predicted octanol–water partition coefficient (Wildman–Crippen LogP) is 4.45. The number of rotatable bonds is 3. The quantitative estimate of drug-likeness (QED) is 0.727. The minimum atomic E-state index is -0.498. The molecule has 0 spiro atoms. The van der Waals surface area contributed by atoms with Crippen molar-refractivity contribution in [2.45, 2.75) is 6.92 Å². The number of fused-ring (bicyclic) bond motifs is 1. The number of hydrogen-bond donors (Lipinski definition) is 1. The van der Waals surface area contributed by atoms with Gasteiger partial charge in [0.05, 0.1) is 11.3 Å². The first kappa shape index (κ1) is 13.6. The van der Waals surface area contributed by atoms with E-state index in [9.17, 15) is 9.90 Å². The van der Waals surface area contributed by atoms with E-state index in [-0.39, 0.29) is 17.9 Å². The highest BCUT2D eigenvalue weighted by atomic mass is 32.1. The van der Waals surface area contributed by atoms with E-state index in [1.54, 1.807) is 13.0 Å². The molecule has 106 valence electrons. The molecule has 0 aliphatic rings. The Morgan fingerprint density at radius 1 is 1.24 bits per heavy atom. The second kappa shape index (κ2) is 5.58. The Labute approximate surface area is 126 Å². The summed E-state index contributed by atoms with van der Waals surface area (Å²) in [6.45, 7) is 2.03. The van der Waals surface area contributed by atoms with E-state index in [4.69, 9.17) is 4.74 Å². The zero-order chi connectivity index (χ0) is 14.8. The Morgan fingerprint density at radius 2 is 2.00 bits per heavy atom. The van der Waals surface area contributed by atoms with Crippen LogP contribution < -0.4 is 0 Å². The zero-order valence-corrected chi connectivity index (χ0v) is 12.3. The van der Waals surface area contributed by atoms with E-state index in [2.05, 4.69) is 0 Å². The van der Waals surface area contributed by atoms with Crippen molar-refractivity contribution >= 4 is 27.4 Å². The number of carbonyl (C=O) groups excluding carboxylic acids is 1. The maximum absolute atomic E-state index is 12.0. The molecule has 0 aliphatic carbocycles. The molecule has 1 aromatic heterocycles. The van der Waals surface area contributed by atoms with Gasteiger partial charge < -0.3 is 9.84 Å². The maximum atomic E-state index is 12.0. The second-order valence-electron chi connectivity index (χ2n) is 4.57. The highest BCUT2D eigenvalue weighted by molar-refractivity contribution is 7.17. The summed E-state index contributed by atoms with van der Waals surface area (Å²) in [5.74, 6) is -0.499. The van der Waals surface area contributed by atoms with E-state index in [0.717, 1.165) is 16.5 Å². The van der Waals surface area contributed by atoms with Gasteiger partial charge >= 0.3 is 5.97 Å². The van der Waals surface area contributed by atoms with E-state index in [0.29, 0.717) is 4.70 Å². The van der Waals surface area contributed by atoms with Crippen molar-refractivity contribution < 1.29 is 14.6 Å². The second-order valence-corrected chi connectivity index (χ2v) is 5.49. The number of phenolic OH excluding ortho intramolecular Hbond substituents is 1. The fourth-order valence-corrected chi connectivity index (χ4v) is 3.21. The summed E-state index contributed by atoms with van der Waals surface area (Å²) in [6.07, 6.45) is 0. The van der Waals surface area contributed by atoms with Gasteiger partial charge in [0, 0.05) is 5.39 Å². The van der Waals surface area contributed by atoms with Crippen LogP contribution in [0.25, 0.3) is 21.2 Å². The van der Waals surface area contributed by atoms with Crippen LogP contribution in [0.1, 0.15) is 17.3 Å². The number of esters is 1. The van der Waals surface area contributed by atoms with Crippen LogP contribution in [0.2, 0.25) is 0 Å². The Morgan fingerprint density at radius 3 is 2.71 bits per heavy atom. The molecule has 4 heteroatoms. The third kappa shape index (κ3) is 2.38. The molecule has 21 heavy (non-hydrogen) atoms. The van der Waals surface area contributed by atoms with E-state index >= 15 is 0 Å². The van der Waals surface area contributed by atoms with Gasteiger partial charge in [-0.2, -0.15) is 0 Å². The molecule has 0 saturated heterocycles. The average Bonchev–Trinajstić information content (AvgIpc) is 2.99. The van der Waals surface area contributed by atoms with Gasteiger partial charge in [-0.3, -0.25) is 0 Å². The lowest BCUT2D eigenvalue weighted by Gasteiger charge is -2.10. The predicted molar refractivity (Wildman–Crippen MR) is 84.9 cm³/mol. The molecule has 3 aromatic rings. The van der Waals surface area contributed by atoms with Crippen molar-refractivity contribution in [1.29, 1.82) is 0 Å². The first-order valence-electron chi connectivity index (χ1n) is 6.68. The van der Waals surface area contributed by atoms with Crippen LogP contribution in [0, 0.1) is 0 Å². The zero-order valence-electron chi connectivity index (χ0n) is 11.5. The first-order chi connectivity index (χ1) is 10.2. The molecule has 0 amide bonds. The molecule has 3 rings (SSSR count). The summed E-state index contributed by atoms with van der Waals surface area (Å²) in [4.78, 5) is 12.0. The van der Waals surface area contributed by atoms with Crippen molar-refractivity contribution in [3.63, 3.8) is 0 Å². The maximum Gasteiger partial charge on any atom is 0.341 e. The lowest BCUT2D eigenvalue weighted by molar-refractivity contribution is 0.0523. The van der Waals surface area contributed by atoms with Gasteiger partial charge in [0.2, 0.25) is 0 Å². The molecule has 0 fully saturated rings. The van der Waals surface area contributed by atoms with Crippen LogP contribution in [-0.2, 0) is 4.74 Å². The monoisotopic (exact) mass is 298 g/mol. The van der Waals surface area contributed by atoms with E-state index < -0.39 is 5.97 Å². The number of phenols is 1. The number of benzene rings is 2. The third-order valence-corrected chi connectivity index (χ3v) is 4.22. The summed E-state index contributed by atoms with van der Waals surface area (Å²) in [5, 5.41) is 13.2. The molecule has 0 saturated carbocycles. The summed E-state index contributed by atoms with van der Waals surface area (Å²) < 4.78 is 5.74. The fourth-order valence-electron chi connectivity index (χ4n) is 2.34. The van der Waals surface area contributed by atoms with Gasteiger partial charge in [-0.1, -0.05) is 30.3 Å². The van der Waals surface area contributed by atoms with E-state index in [1.165, 1.54) is 11.3 Å². The molecule has 3 nitrogen and oxygen atoms in total. The van der Waals surface area contributed by atoms with Gasteiger partial charge in [0.25, 0.3) is 0 Å². The minimum absolute atomic E-state index is 0.00173. The van der Waals surface area contributed by atoms with Crippen LogP contribution in [0.3, 0.4) is 0 Å². The van der Waals surface area contributed by atoms with Gasteiger partial charge in [-0.15, -0.1) is 11.3 Å². The summed E-state index contributed by atoms with van der Waals surface area (Å²) in [7, 11) is 0. The summed E-state index contributed by atoms with van der Waals surface area (Å²) in [5.41, 5.74) is 2.14. The Balaban J connectivity index is 2.27. The normalized spacial score (nSPS) is 10.7. The van der Waals surface area contributed by atoms with Crippen LogP contribution >= 0.6 is 11.3 Å². The molecule has 0 aliphatic heterocycles. The Bertz CT molecular complexity index is 790. The highest BCUT2D eigenvalue weighted by Crippen LogP contribution is 2.40. The lowest BCUT2D eigenvalue weighted by atomic mass is 9.98. The number of thiophene rings is 1. The molecule has 0 bridgehead atoms. The molecule has 0 radical (unpaired) electrons. The molecule has 0 unspecified atom stereocenters. The van der Waals surface area contributed by atoms with Crippen LogP contribution in [-0.4, -0.2) is 17.7 Å².